The van der Waals surface area contributed by atoms with Crippen LogP contribution in [-0.4, -0.2) is 20.9 Å². The third kappa shape index (κ3) is 1.88. The van der Waals surface area contributed by atoms with E-state index in [0.717, 1.165) is 23.3 Å². The van der Waals surface area contributed by atoms with Gasteiger partial charge in [-0.3, -0.25) is 4.79 Å². The second kappa shape index (κ2) is 4.16. The zero-order valence-electron chi connectivity index (χ0n) is 10.2. The molecule has 2 aromatic heterocycles. The van der Waals surface area contributed by atoms with Gasteiger partial charge in [0.25, 0.3) is 5.91 Å². The summed E-state index contributed by atoms with van der Waals surface area (Å²) >= 11 is 0. The van der Waals surface area contributed by atoms with Crippen molar-refractivity contribution in [1.82, 2.24) is 15.0 Å². The Hall–Kier alpha value is -1.91. The van der Waals surface area contributed by atoms with Crippen LogP contribution in [0.1, 0.15) is 48.6 Å². The fourth-order valence-electron chi connectivity index (χ4n) is 1.88. The van der Waals surface area contributed by atoms with Crippen LogP contribution in [-0.2, 0) is 6.42 Å². The van der Waals surface area contributed by atoms with Crippen LogP contribution < -0.4 is 5.73 Å². The highest BCUT2D eigenvalue weighted by molar-refractivity contribution is 6.06. The van der Waals surface area contributed by atoms with Gasteiger partial charge >= 0.3 is 0 Å². The number of hydrogen-bond acceptors (Lipinski definition) is 3. The third-order valence-corrected chi connectivity index (χ3v) is 2.73. The Kier molecular flexibility index (Phi) is 2.83. The highest BCUT2D eigenvalue weighted by Gasteiger charge is 2.17. The first-order valence-electron chi connectivity index (χ1n) is 5.72. The summed E-state index contributed by atoms with van der Waals surface area (Å²) in [5, 5.41) is 0.754. The molecule has 2 heterocycles. The van der Waals surface area contributed by atoms with Gasteiger partial charge in [-0.1, -0.05) is 20.8 Å². The van der Waals surface area contributed by atoms with E-state index in [1.54, 1.807) is 6.20 Å². The van der Waals surface area contributed by atoms with E-state index in [-0.39, 0.29) is 5.92 Å². The molecule has 90 valence electrons. The molecule has 2 aromatic rings. The summed E-state index contributed by atoms with van der Waals surface area (Å²) in [5.74, 6) is 0.546. The molecule has 0 aromatic carbocycles. The van der Waals surface area contributed by atoms with Crippen LogP contribution in [0.5, 0.6) is 0 Å². The first-order valence-corrected chi connectivity index (χ1v) is 5.72. The van der Waals surface area contributed by atoms with Gasteiger partial charge < -0.3 is 10.7 Å². The number of amides is 1. The van der Waals surface area contributed by atoms with Crippen LogP contribution in [0.2, 0.25) is 0 Å². The van der Waals surface area contributed by atoms with Crippen molar-refractivity contribution < 1.29 is 4.79 Å². The summed E-state index contributed by atoms with van der Waals surface area (Å²) < 4.78 is 0. The smallest absolute Gasteiger partial charge is 0.250 e. The van der Waals surface area contributed by atoms with E-state index in [1.165, 1.54) is 0 Å². The molecule has 0 aliphatic carbocycles. The second-order valence-electron chi connectivity index (χ2n) is 4.32. The molecule has 0 radical (unpaired) electrons. The summed E-state index contributed by atoms with van der Waals surface area (Å²) in [4.78, 5) is 23.2. The Bertz CT molecular complexity index is 571. The lowest BCUT2D eigenvalue weighted by molar-refractivity contribution is 0.100. The summed E-state index contributed by atoms with van der Waals surface area (Å²) in [6.45, 7) is 6.08. The first-order chi connectivity index (χ1) is 8.04. The molecular formula is C12H16N4O. The van der Waals surface area contributed by atoms with Crippen molar-refractivity contribution >= 4 is 16.9 Å². The van der Waals surface area contributed by atoms with Gasteiger partial charge in [-0.25, -0.2) is 9.97 Å². The van der Waals surface area contributed by atoms with E-state index in [9.17, 15) is 4.79 Å². The van der Waals surface area contributed by atoms with Crippen LogP contribution in [0.25, 0.3) is 11.0 Å². The van der Waals surface area contributed by atoms with Crippen LogP contribution in [0.15, 0.2) is 6.20 Å². The van der Waals surface area contributed by atoms with E-state index in [2.05, 4.69) is 15.0 Å². The minimum absolute atomic E-state index is 0.222. The lowest BCUT2D eigenvalue weighted by atomic mass is 10.0. The van der Waals surface area contributed by atoms with Crippen molar-refractivity contribution in [2.24, 2.45) is 5.73 Å². The Morgan fingerprint density at radius 3 is 2.71 bits per heavy atom. The maximum atomic E-state index is 11.4. The van der Waals surface area contributed by atoms with Gasteiger partial charge in [-0.05, 0) is 5.92 Å². The van der Waals surface area contributed by atoms with Gasteiger partial charge in [0.2, 0.25) is 0 Å². The van der Waals surface area contributed by atoms with Gasteiger partial charge in [0, 0.05) is 12.6 Å². The van der Waals surface area contributed by atoms with Gasteiger partial charge in [-0.2, -0.15) is 0 Å². The van der Waals surface area contributed by atoms with Crippen molar-refractivity contribution in [3.05, 3.63) is 23.3 Å². The number of hydrogen-bond donors (Lipinski definition) is 2. The predicted molar refractivity (Wildman–Crippen MR) is 65.9 cm³/mol. The average molecular weight is 232 g/mol. The number of primary amides is 1. The highest BCUT2D eigenvalue weighted by Crippen LogP contribution is 2.25. The molecule has 0 unspecified atom stereocenters. The van der Waals surface area contributed by atoms with Gasteiger partial charge in [-0.15, -0.1) is 0 Å². The number of carbonyl (C=O) groups excluding carboxylic acids is 1. The SMILES string of the molecule is CCc1nc(C(C)C)c2c(C(N)=O)c[nH]c2n1. The molecule has 5 nitrogen and oxygen atoms in total. The van der Waals surface area contributed by atoms with Gasteiger partial charge in [0.05, 0.1) is 16.6 Å². The number of nitrogens with zero attached hydrogens (tertiary/aromatic N) is 2. The number of fused-ring (bicyclic) bond motifs is 1. The standard InChI is InChI=1S/C12H16N4O/c1-4-8-15-10(6(2)3)9-7(11(13)17)5-14-12(9)16-8/h5-6H,4H2,1-3H3,(H2,13,17)(H,14,15,16). The number of aromatic nitrogens is 3. The highest BCUT2D eigenvalue weighted by atomic mass is 16.1. The van der Waals surface area contributed by atoms with Crippen LogP contribution in [0.4, 0.5) is 0 Å². The molecule has 0 bridgehead atoms. The molecule has 17 heavy (non-hydrogen) atoms. The van der Waals surface area contributed by atoms with Crippen molar-refractivity contribution in [3.8, 4) is 0 Å². The number of nitrogens with two attached hydrogens (primary N) is 1. The van der Waals surface area contributed by atoms with E-state index in [1.807, 2.05) is 20.8 Å². The Morgan fingerprint density at radius 1 is 1.47 bits per heavy atom. The van der Waals surface area contributed by atoms with Gasteiger partial charge in [0.1, 0.15) is 11.5 Å². The number of rotatable bonds is 3. The number of carbonyl (C=O) groups is 1. The van der Waals surface area contributed by atoms with Crippen LogP contribution in [0.3, 0.4) is 0 Å². The van der Waals surface area contributed by atoms with Gasteiger partial charge in [0.15, 0.2) is 0 Å². The molecule has 0 aliphatic heterocycles. The zero-order valence-corrected chi connectivity index (χ0v) is 10.2. The third-order valence-electron chi connectivity index (χ3n) is 2.73. The monoisotopic (exact) mass is 232 g/mol. The zero-order chi connectivity index (χ0) is 12.6. The molecule has 5 heteroatoms. The Labute approximate surface area is 99.5 Å². The topological polar surface area (TPSA) is 84.7 Å². The molecule has 0 fully saturated rings. The average Bonchev–Trinajstić information content (AvgIpc) is 2.70. The minimum Gasteiger partial charge on any atom is -0.366 e. The number of aromatic amines is 1. The first kappa shape index (κ1) is 11.6. The van der Waals surface area contributed by atoms with E-state index < -0.39 is 5.91 Å². The number of nitrogens with one attached hydrogen (secondary N) is 1. The second-order valence-corrected chi connectivity index (χ2v) is 4.32. The van der Waals surface area contributed by atoms with Crippen molar-refractivity contribution in [3.63, 3.8) is 0 Å². The van der Waals surface area contributed by atoms with E-state index in [4.69, 9.17) is 5.73 Å². The maximum absolute atomic E-state index is 11.4. The van der Waals surface area contributed by atoms with E-state index >= 15 is 0 Å². The lowest BCUT2D eigenvalue weighted by Gasteiger charge is -2.08. The number of H-pyrrole nitrogens is 1. The van der Waals surface area contributed by atoms with Crippen LogP contribution in [0, 0.1) is 0 Å². The molecule has 3 N–H and O–H groups in total. The maximum Gasteiger partial charge on any atom is 0.250 e. The normalized spacial score (nSPS) is 11.3. The predicted octanol–water partition coefficient (Wildman–Crippen LogP) is 1.74. The molecule has 0 aliphatic rings. The molecule has 0 spiro atoms. The summed E-state index contributed by atoms with van der Waals surface area (Å²) in [7, 11) is 0. The number of aryl methyl sites for hydroxylation is 1. The Morgan fingerprint density at radius 2 is 2.18 bits per heavy atom. The molecule has 2 rings (SSSR count). The molecular weight excluding hydrogens is 216 g/mol. The quantitative estimate of drug-likeness (QED) is 0.845. The Balaban J connectivity index is 2.80. The minimum atomic E-state index is -0.453. The molecule has 0 saturated carbocycles. The molecule has 1 amide bonds. The largest absolute Gasteiger partial charge is 0.366 e. The molecule has 0 saturated heterocycles. The van der Waals surface area contributed by atoms with Crippen LogP contribution >= 0.6 is 0 Å². The molecule has 0 atom stereocenters. The fourth-order valence-corrected chi connectivity index (χ4v) is 1.88. The van der Waals surface area contributed by atoms with Crippen molar-refractivity contribution in [2.45, 2.75) is 33.1 Å². The van der Waals surface area contributed by atoms with E-state index in [0.29, 0.717) is 11.2 Å². The summed E-state index contributed by atoms with van der Waals surface area (Å²) in [6, 6.07) is 0. The van der Waals surface area contributed by atoms with Crippen molar-refractivity contribution in [1.29, 1.82) is 0 Å². The fraction of sp³-hybridized carbons (Fsp3) is 0.417. The van der Waals surface area contributed by atoms with Crippen molar-refractivity contribution in [2.75, 3.05) is 0 Å². The summed E-state index contributed by atoms with van der Waals surface area (Å²) in [6.07, 6.45) is 2.37. The summed E-state index contributed by atoms with van der Waals surface area (Å²) in [5.41, 5.74) is 7.38. The lowest BCUT2D eigenvalue weighted by Crippen LogP contribution is -2.11.